The van der Waals surface area contributed by atoms with Crippen molar-refractivity contribution in [1.82, 2.24) is 9.62 Å². The molecule has 1 amide bonds. The minimum atomic E-state index is -3.47. The van der Waals surface area contributed by atoms with Gasteiger partial charge in [-0.05, 0) is 68.3 Å². The average molecular weight is 451 g/mol. The second-order valence-corrected chi connectivity index (χ2v) is 9.23. The highest BCUT2D eigenvalue weighted by atomic mass is 32.2. The van der Waals surface area contributed by atoms with Gasteiger partial charge >= 0.3 is 0 Å². The number of sulfonamides is 1. The average Bonchev–Trinajstić information content (AvgIpc) is 2.79. The van der Waals surface area contributed by atoms with Gasteiger partial charge in [-0.25, -0.2) is 12.8 Å². The van der Waals surface area contributed by atoms with Crippen LogP contribution in [0.15, 0.2) is 53.4 Å². The van der Waals surface area contributed by atoms with E-state index in [2.05, 4.69) is 5.32 Å². The number of ether oxygens (including phenoxy) is 2. The van der Waals surface area contributed by atoms with Crippen molar-refractivity contribution in [1.29, 1.82) is 0 Å². The molecule has 0 bridgehead atoms. The molecule has 1 unspecified atom stereocenters. The topological polar surface area (TPSA) is 84.9 Å². The monoisotopic (exact) mass is 450 g/mol. The molecule has 3 rings (SSSR count). The molecule has 9 heteroatoms. The van der Waals surface area contributed by atoms with Crippen molar-refractivity contribution in [2.75, 3.05) is 26.2 Å². The summed E-state index contributed by atoms with van der Waals surface area (Å²) in [5, 5.41) is 2.70. The standard InChI is InChI=1S/C22H27FN2O5S/c1-17(30-20-7-5-18(23)6-8-20)22(26)24-13-16-29-19-9-11-21(12-10-19)31(27,28)25-14-3-2-4-15-25/h5-12,17H,2-4,13-16H2,1H3,(H,24,26). The number of rotatable bonds is 9. The summed E-state index contributed by atoms with van der Waals surface area (Å²) in [5.74, 6) is 0.219. The van der Waals surface area contributed by atoms with Crippen LogP contribution in [0.4, 0.5) is 4.39 Å². The Morgan fingerprint density at radius 2 is 1.65 bits per heavy atom. The number of piperidine rings is 1. The first kappa shape index (κ1) is 23.0. The predicted octanol–water partition coefficient (Wildman–Crippen LogP) is 2.96. The van der Waals surface area contributed by atoms with Gasteiger partial charge in [-0.1, -0.05) is 6.42 Å². The SMILES string of the molecule is CC(Oc1ccc(F)cc1)C(=O)NCCOc1ccc(S(=O)(=O)N2CCCCC2)cc1. The summed E-state index contributed by atoms with van der Waals surface area (Å²) in [6.07, 6.45) is 2.09. The highest BCUT2D eigenvalue weighted by Crippen LogP contribution is 2.22. The van der Waals surface area contributed by atoms with E-state index in [4.69, 9.17) is 9.47 Å². The van der Waals surface area contributed by atoms with Crippen molar-refractivity contribution in [3.63, 3.8) is 0 Å². The third-order valence-electron chi connectivity index (χ3n) is 4.94. The van der Waals surface area contributed by atoms with E-state index in [1.54, 1.807) is 19.1 Å². The molecule has 2 aromatic carbocycles. The summed E-state index contributed by atoms with van der Waals surface area (Å²) < 4.78 is 50.8. The minimum absolute atomic E-state index is 0.216. The lowest BCUT2D eigenvalue weighted by molar-refractivity contribution is -0.127. The lowest BCUT2D eigenvalue weighted by atomic mass is 10.2. The van der Waals surface area contributed by atoms with Crippen molar-refractivity contribution in [3.8, 4) is 11.5 Å². The Bertz CT molecular complexity index is 958. The van der Waals surface area contributed by atoms with E-state index < -0.39 is 16.1 Å². The molecule has 168 valence electrons. The lowest BCUT2D eigenvalue weighted by Crippen LogP contribution is -2.38. The molecular weight excluding hydrogens is 423 g/mol. The summed E-state index contributed by atoms with van der Waals surface area (Å²) >= 11 is 0. The van der Waals surface area contributed by atoms with Crippen LogP contribution in [0.3, 0.4) is 0 Å². The third kappa shape index (κ3) is 6.41. The zero-order valence-corrected chi connectivity index (χ0v) is 18.2. The first-order valence-corrected chi connectivity index (χ1v) is 11.7. The maximum atomic E-state index is 12.9. The van der Waals surface area contributed by atoms with Gasteiger partial charge in [-0.3, -0.25) is 4.79 Å². The first-order chi connectivity index (χ1) is 14.9. The zero-order chi connectivity index (χ0) is 22.3. The van der Waals surface area contributed by atoms with Gasteiger partial charge < -0.3 is 14.8 Å². The van der Waals surface area contributed by atoms with Crippen LogP contribution >= 0.6 is 0 Å². The zero-order valence-electron chi connectivity index (χ0n) is 17.4. The second-order valence-electron chi connectivity index (χ2n) is 7.29. The number of hydrogen-bond donors (Lipinski definition) is 1. The van der Waals surface area contributed by atoms with Gasteiger partial charge in [0.05, 0.1) is 11.4 Å². The molecule has 1 heterocycles. The highest BCUT2D eigenvalue weighted by Gasteiger charge is 2.25. The molecule has 1 aliphatic heterocycles. The second kappa shape index (κ2) is 10.6. The number of amides is 1. The molecule has 0 aliphatic carbocycles. The quantitative estimate of drug-likeness (QED) is 0.594. The van der Waals surface area contributed by atoms with Gasteiger partial charge in [0.2, 0.25) is 10.0 Å². The molecule has 0 aromatic heterocycles. The number of nitrogens with zero attached hydrogens (tertiary/aromatic N) is 1. The van der Waals surface area contributed by atoms with Crippen LogP contribution in [0.5, 0.6) is 11.5 Å². The summed E-state index contributed by atoms with van der Waals surface area (Å²) in [7, 11) is -3.47. The Morgan fingerprint density at radius 1 is 1.03 bits per heavy atom. The molecular formula is C22H27FN2O5S. The van der Waals surface area contributed by atoms with Crippen molar-refractivity contribution >= 4 is 15.9 Å². The van der Waals surface area contributed by atoms with Crippen LogP contribution in [0.25, 0.3) is 0 Å². The van der Waals surface area contributed by atoms with Crippen LogP contribution in [-0.4, -0.2) is 51.0 Å². The minimum Gasteiger partial charge on any atom is -0.492 e. The van der Waals surface area contributed by atoms with Crippen LogP contribution in [0, 0.1) is 5.82 Å². The fraction of sp³-hybridized carbons (Fsp3) is 0.409. The van der Waals surface area contributed by atoms with Crippen LogP contribution in [0.2, 0.25) is 0 Å². The van der Waals surface area contributed by atoms with E-state index in [-0.39, 0.29) is 29.8 Å². The van der Waals surface area contributed by atoms with E-state index in [0.29, 0.717) is 24.6 Å². The number of hydrogen-bond acceptors (Lipinski definition) is 5. The molecule has 31 heavy (non-hydrogen) atoms. The molecule has 7 nitrogen and oxygen atoms in total. The van der Waals surface area contributed by atoms with Crippen molar-refractivity contribution < 1.29 is 27.1 Å². The smallest absolute Gasteiger partial charge is 0.260 e. The van der Waals surface area contributed by atoms with Crippen molar-refractivity contribution in [2.45, 2.75) is 37.2 Å². The Morgan fingerprint density at radius 3 is 2.29 bits per heavy atom. The van der Waals surface area contributed by atoms with Gasteiger partial charge in [0.15, 0.2) is 6.10 Å². The molecule has 1 N–H and O–H groups in total. The molecule has 0 spiro atoms. The van der Waals surface area contributed by atoms with Crippen molar-refractivity contribution in [2.24, 2.45) is 0 Å². The Labute approximate surface area is 182 Å². The number of halogens is 1. The highest BCUT2D eigenvalue weighted by molar-refractivity contribution is 7.89. The summed E-state index contributed by atoms with van der Waals surface area (Å²) in [6, 6.07) is 11.7. The summed E-state index contributed by atoms with van der Waals surface area (Å²) in [5.41, 5.74) is 0. The molecule has 2 aromatic rings. The molecule has 1 saturated heterocycles. The van der Waals surface area contributed by atoms with E-state index >= 15 is 0 Å². The molecule has 0 radical (unpaired) electrons. The van der Waals surface area contributed by atoms with E-state index in [1.165, 1.54) is 40.7 Å². The first-order valence-electron chi connectivity index (χ1n) is 10.3. The number of carbonyl (C=O) groups excluding carboxylic acids is 1. The van der Waals surface area contributed by atoms with Gasteiger partial charge in [0.25, 0.3) is 5.91 Å². The fourth-order valence-corrected chi connectivity index (χ4v) is 4.74. The van der Waals surface area contributed by atoms with E-state index in [1.807, 2.05) is 0 Å². The maximum Gasteiger partial charge on any atom is 0.260 e. The largest absolute Gasteiger partial charge is 0.492 e. The third-order valence-corrected chi connectivity index (χ3v) is 6.86. The van der Waals surface area contributed by atoms with Crippen LogP contribution in [0.1, 0.15) is 26.2 Å². The molecule has 1 aliphatic rings. The Kier molecular flexibility index (Phi) is 7.86. The maximum absolute atomic E-state index is 12.9. The molecule has 1 atom stereocenters. The number of benzene rings is 2. The number of carbonyl (C=O) groups is 1. The van der Waals surface area contributed by atoms with E-state index in [9.17, 15) is 17.6 Å². The summed E-state index contributed by atoms with van der Waals surface area (Å²) in [4.78, 5) is 12.3. The fourth-order valence-electron chi connectivity index (χ4n) is 3.22. The Hall–Kier alpha value is -2.65. The predicted molar refractivity (Wildman–Crippen MR) is 114 cm³/mol. The van der Waals surface area contributed by atoms with Crippen molar-refractivity contribution in [3.05, 3.63) is 54.3 Å². The van der Waals surface area contributed by atoms with Crippen LogP contribution in [-0.2, 0) is 14.8 Å². The summed E-state index contributed by atoms with van der Waals surface area (Å²) in [6.45, 7) is 3.19. The van der Waals surface area contributed by atoms with Gasteiger partial charge in [0.1, 0.15) is 23.9 Å². The van der Waals surface area contributed by atoms with E-state index in [0.717, 1.165) is 19.3 Å². The van der Waals surface area contributed by atoms with Crippen LogP contribution < -0.4 is 14.8 Å². The normalized spacial score (nSPS) is 15.8. The lowest BCUT2D eigenvalue weighted by Gasteiger charge is -2.25. The van der Waals surface area contributed by atoms with Gasteiger partial charge in [0, 0.05) is 13.1 Å². The molecule has 1 fully saturated rings. The van der Waals surface area contributed by atoms with Gasteiger partial charge in [-0.15, -0.1) is 0 Å². The molecule has 0 saturated carbocycles. The number of nitrogens with one attached hydrogen (secondary N) is 1. The van der Waals surface area contributed by atoms with Gasteiger partial charge in [-0.2, -0.15) is 4.31 Å². The Balaban J connectivity index is 1.42.